The summed E-state index contributed by atoms with van der Waals surface area (Å²) < 4.78 is 15.5. The van der Waals surface area contributed by atoms with E-state index >= 15 is 0 Å². The van der Waals surface area contributed by atoms with Crippen molar-refractivity contribution in [3.63, 3.8) is 0 Å². The summed E-state index contributed by atoms with van der Waals surface area (Å²) in [6, 6.07) is 7.37. The highest BCUT2D eigenvalue weighted by Crippen LogP contribution is 2.18. The quantitative estimate of drug-likeness (QED) is 0.371. The third kappa shape index (κ3) is 7.23. The Morgan fingerprint density at radius 2 is 1.81 bits per heavy atom. The first kappa shape index (κ1) is 20.6. The van der Waals surface area contributed by atoms with Crippen LogP contribution in [0.3, 0.4) is 0 Å². The van der Waals surface area contributed by atoms with Crippen LogP contribution >= 0.6 is 0 Å². The molecule has 0 spiro atoms. The molecular formula is C22H26O5. The summed E-state index contributed by atoms with van der Waals surface area (Å²) in [5.74, 6) is -0.280. The van der Waals surface area contributed by atoms with E-state index in [-0.39, 0.29) is 5.97 Å². The van der Waals surface area contributed by atoms with Crippen LogP contribution < -0.4 is 0 Å². The molecule has 144 valence electrons. The molecule has 0 amide bonds. The molecule has 0 aromatic heterocycles. The summed E-state index contributed by atoms with van der Waals surface area (Å²) in [6.45, 7) is 3.11. The number of hydrogen-bond acceptors (Lipinski definition) is 5. The predicted octanol–water partition coefficient (Wildman–Crippen LogP) is 4.15. The first-order chi connectivity index (χ1) is 13.1. The van der Waals surface area contributed by atoms with Crippen LogP contribution in [0.4, 0.5) is 0 Å². The number of carbonyl (C=O) groups is 2. The number of ether oxygens (including phenoxy) is 3. The molecule has 0 bridgehead atoms. The van der Waals surface area contributed by atoms with Gasteiger partial charge in [-0.2, -0.15) is 0 Å². The van der Waals surface area contributed by atoms with Crippen molar-refractivity contribution in [2.75, 3.05) is 20.3 Å². The van der Waals surface area contributed by atoms with Crippen molar-refractivity contribution >= 4 is 11.9 Å². The molecule has 0 heterocycles. The van der Waals surface area contributed by atoms with Crippen LogP contribution in [0.2, 0.25) is 0 Å². The van der Waals surface area contributed by atoms with Gasteiger partial charge in [0.05, 0.1) is 12.2 Å². The Bertz CT molecular complexity index is 726. The first-order valence-corrected chi connectivity index (χ1v) is 9.18. The van der Waals surface area contributed by atoms with Gasteiger partial charge in [-0.1, -0.05) is 25.1 Å². The second-order valence-electron chi connectivity index (χ2n) is 6.17. The van der Waals surface area contributed by atoms with Crippen LogP contribution in [0.25, 0.3) is 0 Å². The lowest BCUT2D eigenvalue weighted by molar-refractivity contribution is -0.138. The fourth-order valence-corrected chi connectivity index (χ4v) is 2.48. The average Bonchev–Trinajstić information content (AvgIpc) is 2.69. The minimum absolute atomic E-state index is 0.364. The van der Waals surface area contributed by atoms with Crippen molar-refractivity contribution in [3.8, 4) is 0 Å². The van der Waals surface area contributed by atoms with Crippen LogP contribution in [0, 0.1) is 0 Å². The largest absolute Gasteiger partial charge is 0.463 e. The molecule has 1 aromatic rings. The number of rotatable bonds is 9. The van der Waals surface area contributed by atoms with Crippen LogP contribution in [-0.4, -0.2) is 32.3 Å². The molecule has 5 heteroatoms. The topological polar surface area (TPSA) is 61.8 Å². The monoisotopic (exact) mass is 370 g/mol. The summed E-state index contributed by atoms with van der Waals surface area (Å²) in [5.41, 5.74) is 2.49. The van der Waals surface area contributed by atoms with Crippen molar-refractivity contribution in [2.45, 2.75) is 32.6 Å². The van der Waals surface area contributed by atoms with Gasteiger partial charge >= 0.3 is 11.9 Å². The zero-order valence-electron chi connectivity index (χ0n) is 15.9. The van der Waals surface area contributed by atoms with Gasteiger partial charge in [0.15, 0.2) is 0 Å². The van der Waals surface area contributed by atoms with Crippen molar-refractivity contribution < 1.29 is 23.8 Å². The smallest absolute Gasteiger partial charge is 0.343 e. The molecule has 1 aliphatic carbocycles. The lowest BCUT2D eigenvalue weighted by Crippen LogP contribution is -2.07. The van der Waals surface area contributed by atoms with Crippen LogP contribution in [0.5, 0.6) is 0 Å². The maximum atomic E-state index is 12.2. The van der Waals surface area contributed by atoms with E-state index in [0.29, 0.717) is 31.0 Å². The number of hydrogen-bond donors (Lipinski definition) is 0. The Morgan fingerprint density at radius 3 is 2.44 bits per heavy atom. The molecule has 27 heavy (non-hydrogen) atoms. The molecule has 0 atom stereocenters. The zero-order valence-corrected chi connectivity index (χ0v) is 15.9. The second kappa shape index (κ2) is 11.1. The normalized spacial score (nSPS) is 14.7. The van der Waals surface area contributed by atoms with Gasteiger partial charge in [-0.25, -0.2) is 9.59 Å². The fourth-order valence-electron chi connectivity index (χ4n) is 2.48. The Hall–Kier alpha value is -2.66. The van der Waals surface area contributed by atoms with Crippen LogP contribution in [-0.2, 0) is 25.4 Å². The van der Waals surface area contributed by atoms with Crippen molar-refractivity contribution in [2.24, 2.45) is 0 Å². The molecule has 0 aliphatic heterocycles. The minimum Gasteiger partial charge on any atom is -0.463 e. The predicted molar refractivity (Wildman–Crippen MR) is 103 cm³/mol. The van der Waals surface area contributed by atoms with Gasteiger partial charge in [-0.15, -0.1) is 0 Å². The molecule has 0 radical (unpaired) electrons. The zero-order chi connectivity index (χ0) is 19.5. The lowest BCUT2D eigenvalue weighted by atomic mass is 10.1. The van der Waals surface area contributed by atoms with Crippen LogP contribution in [0.15, 0.2) is 59.9 Å². The van der Waals surface area contributed by atoms with Crippen molar-refractivity contribution in [3.05, 3.63) is 71.0 Å². The number of methoxy groups -OCH3 is 1. The molecule has 1 aromatic carbocycles. The highest BCUT2D eigenvalue weighted by Gasteiger charge is 2.11. The summed E-state index contributed by atoms with van der Waals surface area (Å²) in [4.78, 5) is 23.9. The molecule has 0 unspecified atom stereocenters. The number of benzene rings is 1. The molecule has 0 saturated carbocycles. The van der Waals surface area contributed by atoms with Crippen LogP contribution in [0.1, 0.15) is 42.1 Å². The van der Waals surface area contributed by atoms with Gasteiger partial charge in [0.2, 0.25) is 0 Å². The highest BCUT2D eigenvalue weighted by atomic mass is 16.5. The number of esters is 2. The van der Waals surface area contributed by atoms with Gasteiger partial charge < -0.3 is 14.2 Å². The number of carbonyl (C=O) groups excluding carboxylic acids is 2. The highest BCUT2D eigenvalue weighted by molar-refractivity contribution is 5.90. The SMILES string of the molecule is CCc1ccc(C(=O)OC2=CCC(=CC(=O)OCCCCOC)C=C2)cc1. The van der Waals surface area contributed by atoms with Gasteiger partial charge in [-0.3, -0.25) is 0 Å². The third-order valence-corrected chi connectivity index (χ3v) is 4.10. The van der Waals surface area contributed by atoms with Gasteiger partial charge in [0, 0.05) is 19.8 Å². The summed E-state index contributed by atoms with van der Waals surface area (Å²) in [6.07, 6.45) is 9.74. The van der Waals surface area contributed by atoms with E-state index in [1.54, 1.807) is 37.5 Å². The molecule has 0 saturated heterocycles. The molecule has 2 rings (SSSR count). The molecule has 5 nitrogen and oxygen atoms in total. The molecule has 0 N–H and O–H groups in total. The second-order valence-corrected chi connectivity index (χ2v) is 6.17. The summed E-state index contributed by atoms with van der Waals surface area (Å²) in [7, 11) is 1.65. The van der Waals surface area contributed by atoms with Gasteiger partial charge in [0.1, 0.15) is 5.76 Å². The Kier molecular flexibility index (Phi) is 8.52. The van der Waals surface area contributed by atoms with Crippen molar-refractivity contribution in [1.29, 1.82) is 0 Å². The van der Waals surface area contributed by atoms with E-state index in [0.717, 1.165) is 24.8 Å². The van der Waals surface area contributed by atoms with Gasteiger partial charge in [0.25, 0.3) is 0 Å². The molecule has 1 aliphatic rings. The van der Waals surface area contributed by atoms with E-state index < -0.39 is 5.97 Å². The standard InChI is InChI=1S/C22H26O5/c1-3-17-6-10-19(11-7-17)22(24)27-20-12-8-18(9-13-20)16-21(23)26-15-5-4-14-25-2/h6-8,10-13,16H,3-5,9,14-15H2,1-2H3. The first-order valence-electron chi connectivity index (χ1n) is 9.18. The van der Waals surface area contributed by atoms with Gasteiger partial charge in [-0.05, 0) is 61.1 Å². The lowest BCUT2D eigenvalue weighted by Gasteiger charge is -2.10. The van der Waals surface area contributed by atoms with E-state index in [9.17, 15) is 9.59 Å². The number of unbranched alkanes of at least 4 members (excludes halogenated alkanes) is 1. The maximum Gasteiger partial charge on any atom is 0.343 e. The third-order valence-electron chi connectivity index (χ3n) is 4.10. The fraction of sp³-hybridized carbons (Fsp3) is 0.364. The van der Waals surface area contributed by atoms with E-state index in [4.69, 9.17) is 14.2 Å². The summed E-state index contributed by atoms with van der Waals surface area (Å²) >= 11 is 0. The summed E-state index contributed by atoms with van der Waals surface area (Å²) in [5, 5.41) is 0. The number of aryl methyl sites for hydroxylation is 1. The Balaban J connectivity index is 1.79. The Morgan fingerprint density at radius 1 is 1.07 bits per heavy atom. The van der Waals surface area contributed by atoms with E-state index in [2.05, 4.69) is 6.92 Å². The van der Waals surface area contributed by atoms with Crippen molar-refractivity contribution in [1.82, 2.24) is 0 Å². The number of allylic oxidation sites excluding steroid dienone is 4. The molecule has 0 fully saturated rings. The molecular weight excluding hydrogens is 344 g/mol. The maximum absolute atomic E-state index is 12.2. The minimum atomic E-state index is -0.392. The van der Waals surface area contributed by atoms with E-state index in [1.165, 1.54) is 11.6 Å². The Labute approximate surface area is 160 Å². The average molecular weight is 370 g/mol. The van der Waals surface area contributed by atoms with E-state index in [1.807, 2.05) is 12.1 Å².